The Morgan fingerprint density at radius 1 is 1.00 bits per heavy atom. The van der Waals surface area contributed by atoms with Crippen molar-refractivity contribution in [3.05, 3.63) is 60.3 Å². The van der Waals surface area contributed by atoms with E-state index >= 15 is 0 Å². The molecule has 2 aromatic rings. The number of sulfone groups is 1. The number of hydrogen-bond donors (Lipinski definition) is 3. The van der Waals surface area contributed by atoms with E-state index in [0.29, 0.717) is 10.8 Å². The second-order valence-corrected chi connectivity index (χ2v) is 9.22. The van der Waals surface area contributed by atoms with Gasteiger partial charge in [-0.3, -0.25) is 0 Å². The first-order valence-electron chi connectivity index (χ1n) is 7.50. The third-order valence-corrected chi connectivity index (χ3v) is 6.11. The molecule has 0 saturated carbocycles. The van der Waals surface area contributed by atoms with Gasteiger partial charge in [-0.2, -0.15) is 0 Å². The van der Waals surface area contributed by atoms with Crippen molar-refractivity contribution in [2.75, 3.05) is 22.6 Å². The Labute approximate surface area is 156 Å². The van der Waals surface area contributed by atoms with Crippen molar-refractivity contribution >= 4 is 50.3 Å². The van der Waals surface area contributed by atoms with E-state index in [1.807, 2.05) is 48.5 Å². The quantitative estimate of drug-likeness (QED) is 0.546. The third-order valence-electron chi connectivity index (χ3n) is 3.46. The van der Waals surface area contributed by atoms with Gasteiger partial charge in [0.2, 0.25) is 0 Å². The lowest BCUT2D eigenvalue weighted by Crippen LogP contribution is -2.29. The molecule has 25 heavy (non-hydrogen) atoms. The van der Waals surface area contributed by atoms with Crippen LogP contribution in [0.1, 0.15) is 0 Å². The molecule has 0 bridgehead atoms. The minimum atomic E-state index is -3.01. The lowest BCUT2D eigenvalue weighted by Gasteiger charge is -2.11. The molecule has 1 aliphatic rings. The zero-order valence-corrected chi connectivity index (χ0v) is 15.7. The van der Waals surface area contributed by atoms with E-state index < -0.39 is 9.84 Å². The van der Waals surface area contributed by atoms with Gasteiger partial charge in [-0.15, -0.1) is 0 Å². The Bertz CT molecular complexity index is 905. The minimum absolute atomic E-state index is 0.00594. The van der Waals surface area contributed by atoms with Crippen LogP contribution >= 0.6 is 24.0 Å². The van der Waals surface area contributed by atoms with Crippen LogP contribution in [0, 0.1) is 0 Å². The number of benzene rings is 2. The monoisotopic (exact) mass is 391 g/mol. The smallest absolute Gasteiger partial charge is 0.175 e. The Kier molecular flexibility index (Phi) is 5.31. The van der Waals surface area contributed by atoms with Gasteiger partial charge in [0.1, 0.15) is 0 Å². The van der Waals surface area contributed by atoms with E-state index in [-0.39, 0.29) is 11.5 Å². The van der Waals surface area contributed by atoms with Crippen LogP contribution in [0.5, 0.6) is 0 Å². The number of thiocarbonyl (C=S) groups is 1. The van der Waals surface area contributed by atoms with Gasteiger partial charge in [0.05, 0.1) is 11.5 Å². The fourth-order valence-electron chi connectivity index (χ4n) is 2.26. The zero-order chi connectivity index (χ0) is 17.9. The van der Waals surface area contributed by atoms with Gasteiger partial charge in [0.25, 0.3) is 0 Å². The summed E-state index contributed by atoms with van der Waals surface area (Å²) in [6.07, 6.45) is 1.65. The number of hydrogen-bond acceptors (Lipinski definition) is 5. The molecule has 130 valence electrons. The highest BCUT2D eigenvalue weighted by Gasteiger charge is 2.20. The average Bonchev–Trinajstić information content (AvgIpc) is 2.90. The van der Waals surface area contributed by atoms with E-state index in [2.05, 4.69) is 10.6 Å². The van der Waals surface area contributed by atoms with Gasteiger partial charge in [0.15, 0.2) is 14.9 Å². The van der Waals surface area contributed by atoms with Crippen molar-refractivity contribution in [1.29, 1.82) is 0 Å². The molecule has 0 radical (unpaired) electrons. The van der Waals surface area contributed by atoms with Crippen LogP contribution in [-0.2, 0) is 9.84 Å². The van der Waals surface area contributed by atoms with Crippen molar-refractivity contribution in [2.45, 2.75) is 9.79 Å². The van der Waals surface area contributed by atoms with E-state index in [9.17, 15) is 8.42 Å². The van der Waals surface area contributed by atoms with Gasteiger partial charge in [-0.1, -0.05) is 11.8 Å². The molecule has 8 heteroatoms. The first-order valence-corrected chi connectivity index (χ1v) is 10.6. The first-order chi connectivity index (χ1) is 11.9. The summed E-state index contributed by atoms with van der Waals surface area (Å²) in [5.74, 6) is 0.0704. The molecule has 0 amide bonds. The SMILES string of the molecule is Nc1ccc(Sc2ccc(NC(=S)NC3=CCS(=O)(=O)C3)cc2)cc1. The summed E-state index contributed by atoms with van der Waals surface area (Å²) in [6.45, 7) is 0. The molecule has 0 fully saturated rings. The first kappa shape index (κ1) is 17.8. The predicted molar refractivity (Wildman–Crippen MR) is 108 cm³/mol. The lowest BCUT2D eigenvalue weighted by atomic mass is 10.3. The van der Waals surface area contributed by atoms with E-state index in [1.165, 1.54) is 0 Å². The van der Waals surface area contributed by atoms with Crippen molar-refractivity contribution < 1.29 is 8.42 Å². The van der Waals surface area contributed by atoms with Crippen molar-refractivity contribution in [3.8, 4) is 0 Å². The standard InChI is InChI=1S/C17H17N3O2S3/c18-12-1-5-15(6-2-12)24-16-7-3-13(4-8-16)19-17(23)20-14-9-10-25(21,22)11-14/h1-9H,10-11,18H2,(H2,19,20,23). The molecule has 1 aliphatic heterocycles. The van der Waals surface area contributed by atoms with Crippen molar-refractivity contribution in [1.82, 2.24) is 5.32 Å². The molecular weight excluding hydrogens is 374 g/mol. The van der Waals surface area contributed by atoms with Crippen LogP contribution in [-0.4, -0.2) is 25.0 Å². The second-order valence-electron chi connectivity index (χ2n) is 5.56. The van der Waals surface area contributed by atoms with Crippen LogP contribution in [0.15, 0.2) is 70.1 Å². The normalized spacial score (nSPS) is 15.4. The summed E-state index contributed by atoms with van der Waals surface area (Å²) < 4.78 is 22.8. The van der Waals surface area contributed by atoms with Gasteiger partial charge >= 0.3 is 0 Å². The number of nitrogens with two attached hydrogens (primary N) is 1. The zero-order valence-electron chi connectivity index (χ0n) is 13.2. The second kappa shape index (κ2) is 7.47. The molecule has 5 nitrogen and oxygen atoms in total. The molecule has 0 saturated heterocycles. The topological polar surface area (TPSA) is 84.2 Å². The summed E-state index contributed by atoms with van der Waals surface area (Å²) in [5, 5.41) is 6.36. The summed E-state index contributed by atoms with van der Waals surface area (Å²) in [6, 6.07) is 15.5. The maximum atomic E-state index is 11.4. The molecular formula is C17H17N3O2S3. The summed E-state index contributed by atoms with van der Waals surface area (Å²) in [7, 11) is -3.01. The molecule has 0 spiro atoms. The Morgan fingerprint density at radius 2 is 1.60 bits per heavy atom. The predicted octanol–water partition coefficient (Wildman–Crippen LogP) is 3.02. The number of nitrogens with one attached hydrogen (secondary N) is 2. The van der Waals surface area contributed by atoms with Crippen molar-refractivity contribution in [2.24, 2.45) is 0 Å². The van der Waals surface area contributed by atoms with Crippen LogP contribution in [0.4, 0.5) is 11.4 Å². The summed E-state index contributed by atoms with van der Waals surface area (Å²) in [5.41, 5.74) is 7.88. The van der Waals surface area contributed by atoms with Crippen LogP contribution in [0.2, 0.25) is 0 Å². The van der Waals surface area contributed by atoms with Gasteiger partial charge < -0.3 is 16.4 Å². The molecule has 0 aliphatic carbocycles. The number of anilines is 2. The minimum Gasteiger partial charge on any atom is -0.399 e. The fourth-order valence-corrected chi connectivity index (χ4v) is 4.56. The van der Waals surface area contributed by atoms with Gasteiger partial charge in [0, 0.05) is 26.9 Å². The highest BCUT2D eigenvalue weighted by atomic mass is 32.2. The maximum Gasteiger partial charge on any atom is 0.175 e. The molecule has 0 atom stereocenters. The Balaban J connectivity index is 1.55. The highest BCUT2D eigenvalue weighted by molar-refractivity contribution is 7.99. The largest absolute Gasteiger partial charge is 0.399 e. The average molecular weight is 392 g/mol. The number of rotatable bonds is 4. The molecule has 0 aromatic heterocycles. The molecule has 0 unspecified atom stereocenters. The Hall–Kier alpha value is -2.03. The summed E-state index contributed by atoms with van der Waals surface area (Å²) in [4.78, 5) is 2.21. The fraction of sp³-hybridized carbons (Fsp3) is 0.118. The van der Waals surface area contributed by atoms with E-state index in [4.69, 9.17) is 18.0 Å². The molecule has 1 heterocycles. The lowest BCUT2D eigenvalue weighted by molar-refractivity contribution is 0.602. The maximum absolute atomic E-state index is 11.4. The van der Waals surface area contributed by atoms with E-state index in [1.54, 1.807) is 17.8 Å². The number of nitrogen functional groups attached to an aromatic ring is 1. The molecule has 2 aromatic carbocycles. The van der Waals surface area contributed by atoms with Gasteiger partial charge in [-0.25, -0.2) is 8.42 Å². The van der Waals surface area contributed by atoms with Gasteiger partial charge in [-0.05, 0) is 66.8 Å². The van der Waals surface area contributed by atoms with Crippen LogP contribution < -0.4 is 16.4 Å². The van der Waals surface area contributed by atoms with Crippen LogP contribution in [0.25, 0.3) is 0 Å². The summed E-state index contributed by atoms with van der Waals surface area (Å²) >= 11 is 6.86. The molecule has 3 rings (SSSR count). The molecule has 4 N–H and O–H groups in total. The van der Waals surface area contributed by atoms with Crippen molar-refractivity contribution in [3.63, 3.8) is 0 Å². The van der Waals surface area contributed by atoms with Crippen LogP contribution in [0.3, 0.4) is 0 Å². The third kappa shape index (κ3) is 5.22. The Morgan fingerprint density at radius 3 is 2.16 bits per heavy atom. The highest BCUT2D eigenvalue weighted by Crippen LogP contribution is 2.29. The van der Waals surface area contributed by atoms with E-state index in [0.717, 1.165) is 21.2 Å².